The van der Waals surface area contributed by atoms with Gasteiger partial charge in [0.25, 0.3) is 11.5 Å². The topological polar surface area (TPSA) is 128 Å². The molecule has 0 aliphatic rings. The highest BCUT2D eigenvalue weighted by atomic mass is 16.4. The summed E-state index contributed by atoms with van der Waals surface area (Å²) in [5.74, 6) is 0.0873. The molecule has 0 bridgehead atoms. The molecular weight excluding hydrogens is 240 g/mol. The number of hydrogen-bond donors (Lipinski definition) is 3. The summed E-state index contributed by atoms with van der Waals surface area (Å²) in [7, 11) is 1.44. The van der Waals surface area contributed by atoms with E-state index >= 15 is 0 Å². The average Bonchev–Trinajstić information content (AvgIpc) is 2.92. The van der Waals surface area contributed by atoms with Crippen molar-refractivity contribution in [1.82, 2.24) is 20.5 Å². The van der Waals surface area contributed by atoms with Crippen LogP contribution in [0.1, 0.15) is 16.2 Å². The van der Waals surface area contributed by atoms with Crippen LogP contribution < -0.4 is 10.9 Å². The summed E-state index contributed by atoms with van der Waals surface area (Å²) in [6.45, 7) is 1.70. The summed E-state index contributed by atoms with van der Waals surface area (Å²) < 4.78 is 5.05. The third-order valence-electron chi connectivity index (χ3n) is 2.05. The summed E-state index contributed by atoms with van der Waals surface area (Å²) in [6, 6.07) is 0.0101. The molecule has 0 aliphatic heterocycles. The molecule has 0 aromatic carbocycles. The number of hydrogen-bond acceptors (Lipinski definition) is 6. The predicted octanol–water partition coefficient (Wildman–Crippen LogP) is 0.774. The van der Waals surface area contributed by atoms with E-state index in [1.54, 1.807) is 6.92 Å². The van der Waals surface area contributed by atoms with Crippen LogP contribution in [-0.4, -0.2) is 28.1 Å². The van der Waals surface area contributed by atoms with E-state index in [9.17, 15) is 9.59 Å². The highest BCUT2D eigenvalue weighted by Crippen LogP contribution is 2.17. The van der Waals surface area contributed by atoms with Gasteiger partial charge in [-0.05, 0) is 6.92 Å². The minimum Gasteiger partial charge on any atom is -0.426 e. The van der Waals surface area contributed by atoms with Crippen LogP contribution in [0.2, 0.25) is 0 Å². The molecule has 0 atom stereocenters. The molecule has 9 heteroatoms. The normalized spacial score (nSPS) is 11.0. The molecule has 2 aromatic rings. The third-order valence-corrected chi connectivity index (χ3v) is 2.05. The summed E-state index contributed by atoms with van der Waals surface area (Å²) in [6.07, 6.45) is 1.47. The van der Waals surface area contributed by atoms with Crippen molar-refractivity contribution >= 4 is 17.6 Å². The van der Waals surface area contributed by atoms with Gasteiger partial charge in [0.1, 0.15) is 5.76 Å². The lowest BCUT2D eigenvalue weighted by atomic mass is 10.3. The Morgan fingerprint density at radius 1 is 1.44 bits per heavy atom. The molecule has 0 unspecified atom stereocenters. The van der Waals surface area contributed by atoms with Crippen LogP contribution in [0, 0.1) is 6.92 Å². The zero-order valence-electron chi connectivity index (χ0n) is 9.64. The van der Waals surface area contributed by atoms with Gasteiger partial charge < -0.3 is 9.73 Å². The Morgan fingerprint density at radius 3 is 2.83 bits per heavy atom. The van der Waals surface area contributed by atoms with Crippen LogP contribution in [0.5, 0.6) is 0 Å². The largest absolute Gasteiger partial charge is 0.426 e. The molecule has 0 aliphatic carbocycles. The molecule has 2 heterocycles. The number of aromatic amines is 2. The minimum absolute atomic E-state index is 0.00507. The van der Waals surface area contributed by atoms with E-state index in [1.165, 1.54) is 13.2 Å². The van der Waals surface area contributed by atoms with Gasteiger partial charge >= 0.3 is 6.01 Å². The molecule has 0 radical (unpaired) electrons. The number of rotatable bonds is 3. The number of aromatic nitrogens is 3. The van der Waals surface area contributed by atoms with Crippen LogP contribution in [0.4, 0.5) is 11.7 Å². The van der Waals surface area contributed by atoms with E-state index in [0.717, 1.165) is 0 Å². The van der Waals surface area contributed by atoms with Crippen LogP contribution in [0.15, 0.2) is 25.6 Å². The van der Waals surface area contributed by atoms with E-state index in [4.69, 9.17) is 4.42 Å². The maximum Gasteiger partial charge on any atom is 0.341 e. The van der Waals surface area contributed by atoms with Crippen LogP contribution in [0.25, 0.3) is 0 Å². The summed E-state index contributed by atoms with van der Waals surface area (Å²) in [4.78, 5) is 26.6. The number of nitrogens with one attached hydrogen (secondary N) is 3. The van der Waals surface area contributed by atoms with Gasteiger partial charge in [0.15, 0.2) is 11.4 Å². The summed E-state index contributed by atoms with van der Waals surface area (Å²) in [5, 5.41) is 14.3. The lowest BCUT2D eigenvalue weighted by Crippen LogP contribution is -2.18. The molecule has 18 heavy (non-hydrogen) atoms. The molecule has 94 valence electrons. The van der Waals surface area contributed by atoms with Crippen molar-refractivity contribution < 1.29 is 9.21 Å². The number of aryl methyl sites for hydroxylation is 1. The second-order valence-corrected chi connectivity index (χ2v) is 3.34. The van der Waals surface area contributed by atoms with E-state index in [1.807, 2.05) is 0 Å². The molecule has 1 amide bonds. The van der Waals surface area contributed by atoms with Crippen molar-refractivity contribution in [3.63, 3.8) is 0 Å². The van der Waals surface area contributed by atoms with Gasteiger partial charge in [0.2, 0.25) is 0 Å². The maximum atomic E-state index is 11.4. The van der Waals surface area contributed by atoms with Crippen molar-refractivity contribution in [2.75, 3.05) is 7.05 Å². The number of H-pyrrole nitrogens is 2. The maximum absolute atomic E-state index is 11.4. The first-order chi connectivity index (χ1) is 8.61. The Bertz CT molecular complexity index is 649. The van der Waals surface area contributed by atoms with E-state index < -0.39 is 11.5 Å². The van der Waals surface area contributed by atoms with E-state index in [2.05, 4.69) is 30.7 Å². The van der Waals surface area contributed by atoms with Crippen molar-refractivity contribution in [3.05, 3.63) is 28.0 Å². The Morgan fingerprint density at radius 2 is 2.22 bits per heavy atom. The molecule has 0 saturated carbocycles. The van der Waals surface area contributed by atoms with Gasteiger partial charge in [-0.15, -0.1) is 5.11 Å². The Kier molecular flexibility index (Phi) is 3.04. The molecule has 0 saturated heterocycles. The first-order valence-corrected chi connectivity index (χ1v) is 4.98. The monoisotopic (exact) mass is 250 g/mol. The first-order valence-electron chi connectivity index (χ1n) is 4.98. The lowest BCUT2D eigenvalue weighted by molar-refractivity contribution is 0.0959. The number of amides is 1. The highest BCUT2D eigenvalue weighted by molar-refractivity contribution is 5.96. The molecule has 2 rings (SSSR count). The van der Waals surface area contributed by atoms with Gasteiger partial charge in [-0.2, -0.15) is 4.98 Å². The number of oxazole rings is 1. The Labute approximate surface area is 100 Å². The van der Waals surface area contributed by atoms with Crippen molar-refractivity contribution in [2.24, 2.45) is 10.2 Å². The second kappa shape index (κ2) is 4.65. The smallest absolute Gasteiger partial charge is 0.341 e. The SMILES string of the molecule is CNC(=O)c1[nH][nH]c(=O)c1N=Nc1ncc(C)o1. The van der Waals surface area contributed by atoms with E-state index in [-0.39, 0.29) is 17.4 Å². The predicted molar refractivity (Wildman–Crippen MR) is 60.2 cm³/mol. The standard InChI is InChI=1S/C9H10N6O3/c1-4-3-11-9(18-4)15-13-6-5(7(16)10-2)12-14-8(6)17/h3H,1-2H3,(H,10,16)(H2,12,14,17). The molecular formula is C9H10N6O3. The molecule has 0 fully saturated rings. The molecule has 9 nitrogen and oxygen atoms in total. The van der Waals surface area contributed by atoms with Crippen molar-refractivity contribution in [2.45, 2.75) is 6.92 Å². The fraction of sp³-hybridized carbons (Fsp3) is 0.222. The fourth-order valence-corrected chi connectivity index (χ4v) is 1.22. The zero-order chi connectivity index (χ0) is 13.1. The zero-order valence-corrected chi connectivity index (χ0v) is 9.64. The molecule has 0 spiro atoms. The quantitative estimate of drug-likeness (QED) is 0.695. The van der Waals surface area contributed by atoms with Crippen LogP contribution in [0.3, 0.4) is 0 Å². The second-order valence-electron chi connectivity index (χ2n) is 3.34. The fourth-order valence-electron chi connectivity index (χ4n) is 1.22. The number of azo groups is 1. The van der Waals surface area contributed by atoms with E-state index in [0.29, 0.717) is 5.76 Å². The van der Waals surface area contributed by atoms with Crippen molar-refractivity contribution in [1.29, 1.82) is 0 Å². The highest BCUT2D eigenvalue weighted by Gasteiger charge is 2.15. The van der Waals surface area contributed by atoms with Gasteiger partial charge in [-0.3, -0.25) is 19.8 Å². The van der Waals surface area contributed by atoms with Crippen molar-refractivity contribution in [3.8, 4) is 0 Å². The average molecular weight is 250 g/mol. The third kappa shape index (κ3) is 2.19. The van der Waals surface area contributed by atoms with Gasteiger partial charge in [0, 0.05) is 7.05 Å². The van der Waals surface area contributed by atoms with Crippen LogP contribution in [-0.2, 0) is 0 Å². The Hall–Kier alpha value is -2.71. The molecule has 2 aromatic heterocycles. The van der Waals surface area contributed by atoms with Gasteiger partial charge in [-0.25, -0.2) is 0 Å². The van der Waals surface area contributed by atoms with Gasteiger partial charge in [-0.1, -0.05) is 5.11 Å². The summed E-state index contributed by atoms with van der Waals surface area (Å²) >= 11 is 0. The number of nitrogens with zero attached hydrogens (tertiary/aromatic N) is 3. The molecule has 3 N–H and O–H groups in total. The Balaban J connectivity index is 2.34. The minimum atomic E-state index is -0.555. The number of carbonyl (C=O) groups excluding carboxylic acids is 1. The lowest BCUT2D eigenvalue weighted by Gasteiger charge is -1.94. The van der Waals surface area contributed by atoms with Gasteiger partial charge in [0.05, 0.1) is 6.20 Å². The van der Waals surface area contributed by atoms with Crippen LogP contribution >= 0.6 is 0 Å². The summed E-state index contributed by atoms with van der Waals surface area (Å²) in [5.41, 5.74) is -0.694. The first kappa shape index (κ1) is 11.8. The number of carbonyl (C=O) groups is 1.